The van der Waals surface area contributed by atoms with Crippen molar-refractivity contribution in [2.75, 3.05) is 0 Å². The van der Waals surface area contributed by atoms with Gasteiger partial charge in [-0.2, -0.15) is 13.2 Å². The lowest BCUT2D eigenvalue weighted by Crippen LogP contribution is -2.15. The van der Waals surface area contributed by atoms with E-state index in [9.17, 15) is 18.0 Å². The molecule has 0 fully saturated rings. The van der Waals surface area contributed by atoms with Crippen LogP contribution in [0.3, 0.4) is 0 Å². The molecule has 0 aliphatic heterocycles. The van der Waals surface area contributed by atoms with Crippen molar-refractivity contribution in [1.29, 1.82) is 0 Å². The van der Waals surface area contributed by atoms with E-state index < -0.39 is 17.4 Å². The average molecular weight is 289 g/mol. The normalized spacial score (nSPS) is 11.7. The SMILES string of the molecule is O=c1cc(I)cc(C(F)(F)F)[nH]1. The number of rotatable bonds is 0. The van der Waals surface area contributed by atoms with Crippen LogP contribution in [0.1, 0.15) is 5.69 Å². The van der Waals surface area contributed by atoms with E-state index in [1.54, 1.807) is 27.6 Å². The number of H-pyrrole nitrogens is 1. The van der Waals surface area contributed by atoms with Crippen LogP contribution < -0.4 is 5.56 Å². The summed E-state index contributed by atoms with van der Waals surface area (Å²) in [4.78, 5) is 12.3. The number of aromatic nitrogens is 1. The number of hydrogen-bond donors (Lipinski definition) is 1. The zero-order valence-electron chi connectivity index (χ0n) is 5.57. The Labute approximate surface area is 78.9 Å². The lowest BCUT2D eigenvalue weighted by molar-refractivity contribution is -0.141. The second-order valence-electron chi connectivity index (χ2n) is 2.07. The van der Waals surface area contributed by atoms with E-state index in [1.165, 1.54) is 0 Å². The second kappa shape index (κ2) is 3.08. The third-order valence-corrected chi connectivity index (χ3v) is 1.74. The number of aromatic amines is 1. The summed E-state index contributed by atoms with van der Waals surface area (Å²) in [6, 6.07) is 1.97. The largest absolute Gasteiger partial charge is 0.431 e. The molecule has 0 saturated carbocycles. The van der Waals surface area contributed by atoms with Crippen LogP contribution in [0.15, 0.2) is 16.9 Å². The van der Waals surface area contributed by atoms with Gasteiger partial charge in [-0.15, -0.1) is 0 Å². The zero-order valence-corrected chi connectivity index (χ0v) is 7.73. The lowest BCUT2D eigenvalue weighted by Gasteiger charge is -2.05. The van der Waals surface area contributed by atoms with Crippen LogP contribution in [-0.4, -0.2) is 4.98 Å². The fourth-order valence-corrected chi connectivity index (χ4v) is 1.26. The standard InChI is InChI=1S/C6H3F3INO/c7-6(8,9)4-1-3(10)2-5(12)11-4/h1-2H,(H,11,12). The predicted octanol–water partition coefficient (Wildman–Crippen LogP) is 2.00. The second-order valence-corrected chi connectivity index (χ2v) is 3.32. The van der Waals surface area contributed by atoms with E-state index >= 15 is 0 Å². The van der Waals surface area contributed by atoms with E-state index in [0.717, 1.165) is 12.1 Å². The summed E-state index contributed by atoms with van der Waals surface area (Å²) in [6.07, 6.45) is -4.49. The summed E-state index contributed by atoms with van der Waals surface area (Å²) < 4.78 is 36.2. The van der Waals surface area contributed by atoms with E-state index in [1.807, 2.05) is 0 Å². The highest BCUT2D eigenvalue weighted by molar-refractivity contribution is 14.1. The number of halogens is 4. The van der Waals surface area contributed by atoms with E-state index in [4.69, 9.17) is 0 Å². The monoisotopic (exact) mass is 289 g/mol. The Morgan fingerprint density at radius 3 is 2.33 bits per heavy atom. The smallest absolute Gasteiger partial charge is 0.318 e. The molecule has 0 bridgehead atoms. The minimum Gasteiger partial charge on any atom is -0.318 e. The van der Waals surface area contributed by atoms with Crippen molar-refractivity contribution in [2.45, 2.75) is 6.18 Å². The molecule has 0 aliphatic rings. The number of pyridine rings is 1. The average Bonchev–Trinajstić information content (AvgIpc) is 1.82. The number of hydrogen-bond acceptors (Lipinski definition) is 1. The van der Waals surface area contributed by atoms with Gasteiger partial charge in [0.25, 0.3) is 0 Å². The first kappa shape index (κ1) is 9.56. The van der Waals surface area contributed by atoms with Gasteiger partial charge in [-0.05, 0) is 28.7 Å². The molecule has 0 atom stereocenters. The Kier molecular flexibility index (Phi) is 2.45. The molecule has 1 aromatic rings. The molecule has 1 aromatic heterocycles. The van der Waals surface area contributed by atoms with Crippen LogP contribution >= 0.6 is 22.6 Å². The van der Waals surface area contributed by atoms with Gasteiger partial charge in [0.1, 0.15) is 5.69 Å². The first-order chi connectivity index (χ1) is 5.39. The zero-order chi connectivity index (χ0) is 9.35. The fourth-order valence-electron chi connectivity index (χ4n) is 0.662. The lowest BCUT2D eigenvalue weighted by atomic mass is 10.3. The summed E-state index contributed by atoms with van der Waals surface area (Å²) in [7, 11) is 0. The Balaban J connectivity index is 3.27. The van der Waals surface area contributed by atoms with Gasteiger partial charge >= 0.3 is 6.18 Å². The van der Waals surface area contributed by atoms with Crippen molar-refractivity contribution in [3.63, 3.8) is 0 Å². The highest BCUT2D eigenvalue weighted by Gasteiger charge is 2.31. The van der Waals surface area contributed by atoms with Crippen molar-refractivity contribution in [3.05, 3.63) is 31.8 Å². The molecule has 1 heterocycles. The minimum absolute atomic E-state index is 0.267. The number of nitrogens with one attached hydrogen (secondary N) is 1. The first-order valence-corrected chi connectivity index (χ1v) is 3.94. The van der Waals surface area contributed by atoms with Gasteiger partial charge in [0.2, 0.25) is 5.56 Å². The molecule has 0 aliphatic carbocycles. The van der Waals surface area contributed by atoms with Crippen molar-refractivity contribution in [1.82, 2.24) is 4.98 Å². The Hall–Kier alpha value is -0.530. The maximum absolute atomic E-state index is 12.0. The van der Waals surface area contributed by atoms with Gasteiger partial charge in [0.05, 0.1) is 0 Å². The van der Waals surface area contributed by atoms with E-state index in [-0.39, 0.29) is 3.57 Å². The summed E-state index contributed by atoms with van der Waals surface area (Å²) in [6.45, 7) is 0. The molecule has 1 N–H and O–H groups in total. The highest BCUT2D eigenvalue weighted by Crippen LogP contribution is 2.27. The maximum atomic E-state index is 12.0. The molecule has 0 radical (unpaired) electrons. The van der Waals surface area contributed by atoms with Gasteiger partial charge in [-0.3, -0.25) is 4.79 Å². The molecule has 1 rings (SSSR count). The molecule has 0 saturated heterocycles. The molecule has 0 amide bonds. The third kappa shape index (κ3) is 2.23. The van der Waals surface area contributed by atoms with Crippen LogP contribution in [0.4, 0.5) is 13.2 Å². The van der Waals surface area contributed by atoms with Crippen LogP contribution in [0.25, 0.3) is 0 Å². The quantitative estimate of drug-likeness (QED) is 0.728. The van der Waals surface area contributed by atoms with Crippen molar-refractivity contribution in [2.24, 2.45) is 0 Å². The molecular weight excluding hydrogens is 286 g/mol. The van der Waals surface area contributed by atoms with Gasteiger partial charge < -0.3 is 4.98 Å². The van der Waals surface area contributed by atoms with Gasteiger partial charge in [0, 0.05) is 9.64 Å². The van der Waals surface area contributed by atoms with E-state index in [0.29, 0.717) is 0 Å². The fraction of sp³-hybridized carbons (Fsp3) is 0.167. The summed E-state index contributed by atoms with van der Waals surface area (Å²) >= 11 is 1.65. The van der Waals surface area contributed by atoms with Crippen molar-refractivity contribution >= 4 is 22.6 Å². The van der Waals surface area contributed by atoms with Crippen LogP contribution in [0, 0.1) is 3.57 Å². The van der Waals surface area contributed by atoms with Crippen molar-refractivity contribution in [3.8, 4) is 0 Å². The number of alkyl halides is 3. The van der Waals surface area contributed by atoms with Gasteiger partial charge in [-0.25, -0.2) is 0 Å². The topological polar surface area (TPSA) is 32.9 Å². The van der Waals surface area contributed by atoms with Crippen LogP contribution in [-0.2, 0) is 6.18 Å². The van der Waals surface area contributed by atoms with E-state index in [2.05, 4.69) is 0 Å². The summed E-state index contributed by atoms with van der Waals surface area (Å²) in [5, 5.41) is 0. The molecular formula is C6H3F3INO. The van der Waals surface area contributed by atoms with Crippen LogP contribution in [0.5, 0.6) is 0 Å². The Morgan fingerprint density at radius 1 is 1.33 bits per heavy atom. The predicted molar refractivity (Wildman–Crippen MR) is 44.8 cm³/mol. The Bertz CT molecular complexity index is 343. The van der Waals surface area contributed by atoms with Gasteiger partial charge in [-0.1, -0.05) is 0 Å². The summed E-state index contributed by atoms with van der Waals surface area (Å²) in [5.74, 6) is 0. The molecule has 66 valence electrons. The molecule has 0 unspecified atom stereocenters. The Morgan fingerprint density at radius 2 is 1.92 bits per heavy atom. The van der Waals surface area contributed by atoms with Gasteiger partial charge in [0.15, 0.2) is 0 Å². The molecule has 12 heavy (non-hydrogen) atoms. The summed E-state index contributed by atoms with van der Waals surface area (Å²) in [5.41, 5.74) is -1.76. The maximum Gasteiger partial charge on any atom is 0.431 e. The first-order valence-electron chi connectivity index (χ1n) is 2.86. The molecule has 0 spiro atoms. The molecule has 2 nitrogen and oxygen atoms in total. The van der Waals surface area contributed by atoms with Crippen LogP contribution in [0.2, 0.25) is 0 Å². The molecule has 6 heteroatoms. The van der Waals surface area contributed by atoms with Crippen molar-refractivity contribution < 1.29 is 13.2 Å². The molecule has 0 aromatic carbocycles. The highest BCUT2D eigenvalue weighted by atomic mass is 127. The third-order valence-electron chi connectivity index (χ3n) is 1.11. The minimum atomic E-state index is -4.49.